The second kappa shape index (κ2) is 5.07. The molecule has 1 aromatic carbocycles. The fourth-order valence-electron chi connectivity index (χ4n) is 1.59. The van der Waals surface area contributed by atoms with Crippen molar-refractivity contribution in [2.75, 3.05) is 13.2 Å². The zero-order chi connectivity index (χ0) is 10.7. The number of hydrogen-bond acceptors (Lipinski definition) is 3. The highest BCUT2D eigenvalue weighted by Crippen LogP contribution is 2.11. The number of aliphatic hydroxyl groups is 1. The molecule has 82 valence electrons. The summed E-state index contributed by atoms with van der Waals surface area (Å²) in [5, 5.41) is 12.8. The third-order valence-corrected chi connectivity index (χ3v) is 3.06. The van der Waals surface area contributed by atoms with Gasteiger partial charge in [0.25, 0.3) is 0 Å². The summed E-state index contributed by atoms with van der Waals surface area (Å²) in [6.45, 7) is 1.80. The van der Waals surface area contributed by atoms with Gasteiger partial charge in [0.05, 0.1) is 25.4 Å². The molecule has 1 fully saturated rings. The predicted octanol–water partition coefficient (Wildman–Crippen LogP) is 1.30. The third kappa shape index (κ3) is 3.01. The fourth-order valence-corrected chi connectivity index (χ4v) is 1.85. The molecule has 1 saturated heterocycles. The Morgan fingerprint density at radius 1 is 1.33 bits per heavy atom. The first-order chi connectivity index (χ1) is 7.25. The molecule has 0 aliphatic carbocycles. The molecule has 2 atom stereocenters. The van der Waals surface area contributed by atoms with Gasteiger partial charge < -0.3 is 15.2 Å². The number of ether oxygens (including phenoxy) is 1. The summed E-state index contributed by atoms with van der Waals surface area (Å²) in [4.78, 5) is 0. The van der Waals surface area contributed by atoms with E-state index in [-0.39, 0.29) is 12.1 Å². The van der Waals surface area contributed by atoms with Crippen molar-refractivity contribution >= 4 is 15.9 Å². The third-order valence-electron chi connectivity index (χ3n) is 2.53. The average Bonchev–Trinajstić information content (AvgIpc) is 2.63. The minimum absolute atomic E-state index is 0.0636. The molecule has 1 aliphatic heterocycles. The van der Waals surface area contributed by atoms with Crippen molar-refractivity contribution in [2.24, 2.45) is 0 Å². The van der Waals surface area contributed by atoms with E-state index in [0.717, 1.165) is 11.0 Å². The van der Waals surface area contributed by atoms with Gasteiger partial charge in [-0.15, -0.1) is 0 Å². The van der Waals surface area contributed by atoms with Crippen molar-refractivity contribution in [2.45, 2.75) is 18.7 Å². The maximum absolute atomic E-state index is 9.52. The van der Waals surface area contributed by atoms with Gasteiger partial charge in [0.15, 0.2) is 0 Å². The van der Waals surface area contributed by atoms with Crippen LogP contribution >= 0.6 is 15.9 Å². The zero-order valence-electron chi connectivity index (χ0n) is 8.32. The number of nitrogens with one attached hydrogen (secondary N) is 1. The highest BCUT2D eigenvalue weighted by Gasteiger charge is 2.25. The van der Waals surface area contributed by atoms with Gasteiger partial charge in [-0.3, -0.25) is 0 Å². The minimum Gasteiger partial charge on any atom is -0.389 e. The number of rotatable bonds is 3. The smallest absolute Gasteiger partial charge is 0.0948 e. The summed E-state index contributed by atoms with van der Waals surface area (Å²) in [6, 6.07) is 8.20. The van der Waals surface area contributed by atoms with Crippen LogP contribution in [0.25, 0.3) is 0 Å². The lowest BCUT2D eigenvalue weighted by atomic mass is 10.2. The van der Waals surface area contributed by atoms with Crippen LogP contribution in [0.1, 0.15) is 5.56 Å². The van der Waals surface area contributed by atoms with Crippen LogP contribution in [0.5, 0.6) is 0 Å². The van der Waals surface area contributed by atoms with Crippen molar-refractivity contribution in [3.05, 3.63) is 34.3 Å². The van der Waals surface area contributed by atoms with Crippen LogP contribution in [0, 0.1) is 0 Å². The van der Waals surface area contributed by atoms with E-state index in [2.05, 4.69) is 33.4 Å². The molecule has 1 aromatic rings. The van der Waals surface area contributed by atoms with Crippen LogP contribution in [-0.4, -0.2) is 30.5 Å². The summed E-state index contributed by atoms with van der Waals surface area (Å²) < 4.78 is 6.24. The van der Waals surface area contributed by atoms with E-state index < -0.39 is 0 Å². The highest BCUT2D eigenvalue weighted by atomic mass is 79.9. The molecule has 0 unspecified atom stereocenters. The van der Waals surface area contributed by atoms with E-state index >= 15 is 0 Å². The van der Waals surface area contributed by atoms with E-state index in [4.69, 9.17) is 4.74 Å². The van der Waals surface area contributed by atoms with E-state index in [1.54, 1.807) is 0 Å². The first-order valence-corrected chi connectivity index (χ1v) is 5.78. The predicted molar refractivity (Wildman–Crippen MR) is 61.6 cm³/mol. The van der Waals surface area contributed by atoms with Crippen LogP contribution in [0.3, 0.4) is 0 Å². The molecule has 0 bridgehead atoms. The summed E-state index contributed by atoms with van der Waals surface area (Å²) in [7, 11) is 0. The van der Waals surface area contributed by atoms with E-state index in [1.165, 1.54) is 5.56 Å². The first-order valence-electron chi connectivity index (χ1n) is 4.99. The number of halogens is 1. The Morgan fingerprint density at radius 3 is 2.67 bits per heavy atom. The van der Waals surface area contributed by atoms with E-state index in [9.17, 15) is 5.11 Å². The molecule has 3 nitrogen and oxygen atoms in total. The molecule has 4 heteroatoms. The van der Waals surface area contributed by atoms with Crippen molar-refractivity contribution in [1.29, 1.82) is 0 Å². The molecule has 15 heavy (non-hydrogen) atoms. The molecular formula is C11H14BrNO2. The second-order valence-electron chi connectivity index (χ2n) is 3.72. The van der Waals surface area contributed by atoms with Crippen LogP contribution in [0.4, 0.5) is 0 Å². The van der Waals surface area contributed by atoms with E-state index in [0.29, 0.717) is 13.2 Å². The molecule has 0 amide bonds. The van der Waals surface area contributed by atoms with Crippen LogP contribution in [0.15, 0.2) is 28.7 Å². The standard InChI is InChI=1S/C11H14BrNO2/c12-9-3-1-8(2-4-9)5-13-10-6-15-7-11(10)14/h1-4,10-11,13-14H,5-7H2/t10-,11-/m0/s1. The lowest BCUT2D eigenvalue weighted by Crippen LogP contribution is -2.38. The fraction of sp³-hybridized carbons (Fsp3) is 0.455. The van der Waals surface area contributed by atoms with E-state index in [1.807, 2.05) is 12.1 Å². The maximum atomic E-state index is 9.52. The minimum atomic E-state index is -0.375. The molecule has 2 rings (SSSR count). The molecule has 2 N–H and O–H groups in total. The van der Waals surface area contributed by atoms with Gasteiger partial charge in [-0.1, -0.05) is 28.1 Å². The molecule has 0 radical (unpaired) electrons. The first kappa shape index (κ1) is 11.1. The number of hydrogen-bond donors (Lipinski definition) is 2. The molecular weight excluding hydrogens is 258 g/mol. The Labute approximate surface area is 97.6 Å². The molecule has 0 aromatic heterocycles. The van der Waals surface area contributed by atoms with Crippen molar-refractivity contribution in [3.8, 4) is 0 Å². The molecule has 1 heterocycles. The van der Waals surface area contributed by atoms with Gasteiger partial charge in [-0.25, -0.2) is 0 Å². The van der Waals surface area contributed by atoms with Crippen molar-refractivity contribution < 1.29 is 9.84 Å². The van der Waals surface area contributed by atoms with Gasteiger partial charge in [-0.05, 0) is 17.7 Å². The largest absolute Gasteiger partial charge is 0.389 e. The highest BCUT2D eigenvalue weighted by molar-refractivity contribution is 9.10. The quantitative estimate of drug-likeness (QED) is 0.871. The zero-order valence-corrected chi connectivity index (χ0v) is 9.90. The number of aliphatic hydroxyl groups excluding tert-OH is 1. The molecule has 1 aliphatic rings. The van der Waals surface area contributed by atoms with Gasteiger partial charge in [0, 0.05) is 11.0 Å². The molecule has 0 spiro atoms. The summed E-state index contributed by atoms with van der Waals surface area (Å²) in [5.74, 6) is 0. The number of benzene rings is 1. The normalized spacial score (nSPS) is 25.7. The second-order valence-corrected chi connectivity index (χ2v) is 4.63. The van der Waals surface area contributed by atoms with Gasteiger partial charge in [-0.2, -0.15) is 0 Å². The molecule has 0 saturated carbocycles. The summed E-state index contributed by atoms with van der Waals surface area (Å²) in [5.41, 5.74) is 1.21. The summed E-state index contributed by atoms with van der Waals surface area (Å²) in [6.07, 6.45) is -0.375. The SMILES string of the molecule is O[C@H]1COC[C@@H]1NCc1ccc(Br)cc1. The monoisotopic (exact) mass is 271 g/mol. The average molecular weight is 272 g/mol. The van der Waals surface area contributed by atoms with Gasteiger partial charge in [0.1, 0.15) is 0 Å². The van der Waals surface area contributed by atoms with Crippen LogP contribution < -0.4 is 5.32 Å². The van der Waals surface area contributed by atoms with Gasteiger partial charge in [0.2, 0.25) is 0 Å². The Bertz CT molecular complexity index is 315. The summed E-state index contributed by atoms with van der Waals surface area (Å²) >= 11 is 3.39. The Hall–Kier alpha value is -0.420. The Morgan fingerprint density at radius 2 is 2.07 bits per heavy atom. The lowest BCUT2D eigenvalue weighted by molar-refractivity contribution is 0.122. The lowest BCUT2D eigenvalue weighted by Gasteiger charge is -2.14. The Balaban J connectivity index is 1.85. The topological polar surface area (TPSA) is 41.5 Å². The van der Waals surface area contributed by atoms with Crippen LogP contribution in [0.2, 0.25) is 0 Å². The van der Waals surface area contributed by atoms with Crippen molar-refractivity contribution in [3.63, 3.8) is 0 Å². The van der Waals surface area contributed by atoms with Gasteiger partial charge >= 0.3 is 0 Å². The Kier molecular flexibility index (Phi) is 3.75. The van der Waals surface area contributed by atoms with Crippen LogP contribution in [-0.2, 0) is 11.3 Å². The maximum Gasteiger partial charge on any atom is 0.0948 e. The van der Waals surface area contributed by atoms with Crippen molar-refractivity contribution in [1.82, 2.24) is 5.32 Å².